The van der Waals surface area contributed by atoms with E-state index in [-0.39, 0.29) is 5.78 Å². The van der Waals surface area contributed by atoms with Crippen LogP contribution in [-0.4, -0.2) is 35.6 Å². The number of Topliss-reactive ketones (excluding diaryl/α,β-unsaturated/α-hetero) is 1. The van der Waals surface area contributed by atoms with E-state index in [0.29, 0.717) is 19.3 Å². The highest BCUT2D eigenvalue weighted by atomic mass is 16.6. The lowest BCUT2D eigenvalue weighted by molar-refractivity contribution is -0.152. The summed E-state index contributed by atoms with van der Waals surface area (Å²) in [6.07, 6.45) is 1.02. The zero-order valence-electron chi connectivity index (χ0n) is 16.5. The van der Waals surface area contributed by atoms with Crippen LogP contribution < -0.4 is 5.32 Å². The van der Waals surface area contributed by atoms with E-state index in [1.54, 1.807) is 20.8 Å². The van der Waals surface area contributed by atoms with Gasteiger partial charge in [-0.15, -0.1) is 0 Å². The molecule has 148 valence electrons. The standard InChI is InChI=1S/C21H29NO5/c1-14(23)26-19(16-11-8-12-18(16)24)17(13-15-9-6-5-7-10-15)22-20(25)27-21(2,3)4/h5-7,9-10,16-17,19H,8,11-13H2,1-4H3,(H,22,25). The molecule has 0 radical (unpaired) electrons. The zero-order valence-corrected chi connectivity index (χ0v) is 16.5. The molecule has 0 spiro atoms. The fourth-order valence-electron chi connectivity index (χ4n) is 3.40. The maximum absolute atomic E-state index is 12.4. The Morgan fingerprint density at radius 2 is 1.89 bits per heavy atom. The first-order chi connectivity index (χ1) is 12.7. The topological polar surface area (TPSA) is 81.7 Å². The van der Waals surface area contributed by atoms with Crippen molar-refractivity contribution < 1.29 is 23.9 Å². The van der Waals surface area contributed by atoms with Crippen LogP contribution in [0.3, 0.4) is 0 Å². The molecule has 1 aromatic rings. The van der Waals surface area contributed by atoms with Crippen molar-refractivity contribution in [1.29, 1.82) is 0 Å². The third-order valence-corrected chi connectivity index (χ3v) is 4.45. The van der Waals surface area contributed by atoms with Gasteiger partial charge in [0.1, 0.15) is 17.5 Å². The third-order valence-electron chi connectivity index (χ3n) is 4.45. The van der Waals surface area contributed by atoms with Crippen LogP contribution in [-0.2, 0) is 25.5 Å². The van der Waals surface area contributed by atoms with Crippen LogP contribution in [0, 0.1) is 5.92 Å². The van der Waals surface area contributed by atoms with Gasteiger partial charge >= 0.3 is 12.1 Å². The number of esters is 1. The Bertz CT molecular complexity index is 665. The Balaban J connectivity index is 2.27. The maximum atomic E-state index is 12.4. The molecule has 1 amide bonds. The van der Waals surface area contributed by atoms with Crippen LogP contribution in [0.4, 0.5) is 4.79 Å². The summed E-state index contributed by atoms with van der Waals surface area (Å²) in [5, 5.41) is 2.83. The molecule has 1 aliphatic carbocycles. The predicted octanol–water partition coefficient (Wildman–Crippen LogP) is 3.42. The van der Waals surface area contributed by atoms with E-state index in [1.165, 1.54) is 6.92 Å². The molecule has 3 unspecified atom stereocenters. The number of ether oxygens (including phenoxy) is 2. The Hall–Kier alpha value is -2.37. The lowest BCUT2D eigenvalue weighted by Crippen LogP contribution is -2.51. The number of hydrogen-bond acceptors (Lipinski definition) is 5. The van der Waals surface area contributed by atoms with Gasteiger partial charge < -0.3 is 14.8 Å². The first kappa shape index (κ1) is 20.9. The number of rotatable bonds is 6. The van der Waals surface area contributed by atoms with E-state index in [0.717, 1.165) is 12.0 Å². The largest absolute Gasteiger partial charge is 0.460 e. The van der Waals surface area contributed by atoms with Gasteiger partial charge in [0.2, 0.25) is 0 Å². The fourth-order valence-corrected chi connectivity index (χ4v) is 3.40. The first-order valence-electron chi connectivity index (χ1n) is 9.39. The molecule has 1 N–H and O–H groups in total. The number of carbonyl (C=O) groups excluding carboxylic acids is 3. The second-order valence-corrected chi connectivity index (χ2v) is 7.98. The number of hydrogen-bond donors (Lipinski definition) is 1. The van der Waals surface area contributed by atoms with Gasteiger partial charge in [0.25, 0.3) is 0 Å². The normalized spacial score (nSPS) is 19.3. The van der Waals surface area contributed by atoms with Gasteiger partial charge in [0.15, 0.2) is 0 Å². The minimum atomic E-state index is -0.717. The third kappa shape index (κ3) is 6.70. The van der Waals surface area contributed by atoms with E-state index in [4.69, 9.17) is 9.47 Å². The van der Waals surface area contributed by atoms with Crippen molar-refractivity contribution in [3.05, 3.63) is 35.9 Å². The molecule has 1 aromatic carbocycles. The van der Waals surface area contributed by atoms with Crippen molar-refractivity contribution in [3.8, 4) is 0 Å². The summed E-state index contributed by atoms with van der Waals surface area (Å²) in [4.78, 5) is 36.4. The van der Waals surface area contributed by atoms with Crippen LogP contribution in [0.15, 0.2) is 30.3 Å². The molecular weight excluding hydrogens is 346 g/mol. The molecule has 1 saturated carbocycles. The summed E-state index contributed by atoms with van der Waals surface area (Å²) in [5.74, 6) is -0.799. The van der Waals surface area contributed by atoms with Gasteiger partial charge in [0.05, 0.1) is 12.0 Å². The Labute approximate surface area is 160 Å². The minimum Gasteiger partial charge on any atom is -0.460 e. The molecule has 6 nitrogen and oxygen atoms in total. The lowest BCUT2D eigenvalue weighted by atomic mass is 9.90. The van der Waals surface area contributed by atoms with Crippen molar-refractivity contribution in [2.24, 2.45) is 5.92 Å². The van der Waals surface area contributed by atoms with Gasteiger partial charge in [-0.1, -0.05) is 30.3 Å². The first-order valence-corrected chi connectivity index (χ1v) is 9.39. The van der Waals surface area contributed by atoms with Crippen molar-refractivity contribution in [2.45, 2.75) is 71.1 Å². The van der Waals surface area contributed by atoms with Crippen molar-refractivity contribution in [2.75, 3.05) is 0 Å². The number of benzene rings is 1. The van der Waals surface area contributed by atoms with Gasteiger partial charge in [-0.25, -0.2) is 4.79 Å². The number of ketones is 1. The number of nitrogens with one attached hydrogen (secondary N) is 1. The molecule has 0 aliphatic heterocycles. The summed E-state index contributed by atoms with van der Waals surface area (Å²) in [6.45, 7) is 6.66. The number of amides is 1. The molecule has 3 atom stereocenters. The Kier molecular flexibility index (Phi) is 6.99. The van der Waals surface area contributed by atoms with Crippen LogP contribution in [0.25, 0.3) is 0 Å². The molecule has 0 bridgehead atoms. The van der Waals surface area contributed by atoms with Crippen LogP contribution in [0.2, 0.25) is 0 Å². The average Bonchev–Trinajstić information content (AvgIpc) is 2.97. The van der Waals surface area contributed by atoms with E-state index in [2.05, 4.69) is 5.32 Å². The highest BCUT2D eigenvalue weighted by molar-refractivity contribution is 5.84. The molecule has 0 saturated heterocycles. The Morgan fingerprint density at radius 1 is 1.22 bits per heavy atom. The highest BCUT2D eigenvalue weighted by Gasteiger charge is 2.40. The van der Waals surface area contributed by atoms with Gasteiger partial charge in [0, 0.05) is 13.3 Å². The molecule has 0 heterocycles. The average molecular weight is 375 g/mol. The summed E-state index contributed by atoms with van der Waals surface area (Å²) in [7, 11) is 0. The van der Waals surface area contributed by atoms with Gasteiger partial charge in [-0.2, -0.15) is 0 Å². The predicted molar refractivity (Wildman–Crippen MR) is 101 cm³/mol. The second-order valence-electron chi connectivity index (χ2n) is 7.98. The quantitative estimate of drug-likeness (QED) is 0.771. The summed E-state index contributed by atoms with van der Waals surface area (Å²) in [5.41, 5.74) is 0.322. The van der Waals surface area contributed by atoms with Gasteiger partial charge in [-0.3, -0.25) is 9.59 Å². The van der Waals surface area contributed by atoms with Crippen molar-refractivity contribution in [3.63, 3.8) is 0 Å². The SMILES string of the molecule is CC(=O)OC(C(Cc1ccccc1)NC(=O)OC(C)(C)C)C1CCCC1=O. The van der Waals surface area contributed by atoms with Crippen molar-refractivity contribution in [1.82, 2.24) is 5.32 Å². The van der Waals surface area contributed by atoms with E-state index < -0.39 is 35.7 Å². The molecule has 1 aliphatic rings. The lowest BCUT2D eigenvalue weighted by Gasteiger charge is -2.32. The van der Waals surface area contributed by atoms with E-state index in [9.17, 15) is 14.4 Å². The Morgan fingerprint density at radius 3 is 2.41 bits per heavy atom. The molecule has 1 fully saturated rings. The van der Waals surface area contributed by atoms with E-state index in [1.807, 2.05) is 30.3 Å². The maximum Gasteiger partial charge on any atom is 0.408 e. The molecular formula is C21H29NO5. The number of alkyl carbamates (subject to hydrolysis) is 1. The fraction of sp³-hybridized carbons (Fsp3) is 0.571. The van der Waals surface area contributed by atoms with E-state index >= 15 is 0 Å². The molecule has 0 aromatic heterocycles. The molecule has 6 heteroatoms. The minimum absolute atomic E-state index is 0.0744. The van der Waals surface area contributed by atoms with Crippen molar-refractivity contribution >= 4 is 17.8 Å². The summed E-state index contributed by atoms with van der Waals surface area (Å²) < 4.78 is 10.9. The second kappa shape index (κ2) is 9.02. The van der Waals surface area contributed by atoms with Crippen LogP contribution >= 0.6 is 0 Å². The highest BCUT2D eigenvalue weighted by Crippen LogP contribution is 2.29. The van der Waals surface area contributed by atoms with Crippen LogP contribution in [0.1, 0.15) is 52.5 Å². The zero-order chi connectivity index (χ0) is 20.0. The number of carbonyl (C=O) groups is 3. The van der Waals surface area contributed by atoms with Gasteiger partial charge in [-0.05, 0) is 45.6 Å². The van der Waals surface area contributed by atoms with Crippen LogP contribution in [0.5, 0.6) is 0 Å². The smallest absolute Gasteiger partial charge is 0.408 e. The molecule has 27 heavy (non-hydrogen) atoms. The summed E-state index contributed by atoms with van der Waals surface area (Å²) >= 11 is 0. The summed E-state index contributed by atoms with van der Waals surface area (Å²) in [6, 6.07) is 9.03. The molecule has 2 rings (SSSR count). The monoisotopic (exact) mass is 375 g/mol.